The van der Waals surface area contributed by atoms with E-state index in [0.29, 0.717) is 42.1 Å². The van der Waals surface area contributed by atoms with Crippen LogP contribution in [0.1, 0.15) is 0 Å². The van der Waals surface area contributed by atoms with Gasteiger partial charge in [-0.3, -0.25) is 0 Å². The second kappa shape index (κ2) is 9.72. The van der Waals surface area contributed by atoms with Gasteiger partial charge in [-0.25, -0.2) is 22.2 Å². The molecule has 1 fully saturated rings. The van der Waals surface area contributed by atoms with Gasteiger partial charge in [-0.1, -0.05) is 0 Å². The summed E-state index contributed by atoms with van der Waals surface area (Å²) in [7, 11) is 0.548. The Balaban J connectivity index is 1.50. The Morgan fingerprint density at radius 2 is 1.59 bits per heavy atom. The summed E-state index contributed by atoms with van der Waals surface area (Å²) in [5, 5.41) is 2.63. The zero-order valence-electron chi connectivity index (χ0n) is 18.7. The van der Waals surface area contributed by atoms with E-state index in [-0.39, 0.29) is 13.1 Å². The van der Waals surface area contributed by atoms with E-state index in [9.17, 15) is 17.2 Å². The van der Waals surface area contributed by atoms with E-state index in [4.69, 9.17) is 19.2 Å². The van der Waals surface area contributed by atoms with Gasteiger partial charge in [-0.2, -0.15) is 4.31 Å². The first-order valence-electron chi connectivity index (χ1n) is 10.2. The molecule has 0 amide bonds. The van der Waals surface area contributed by atoms with Crippen LogP contribution in [0.3, 0.4) is 0 Å². The van der Waals surface area contributed by atoms with Crippen molar-refractivity contribution in [2.45, 2.75) is 4.90 Å². The molecule has 8 nitrogen and oxygen atoms in total. The van der Waals surface area contributed by atoms with Crippen LogP contribution in [0.25, 0.3) is 11.3 Å². The predicted molar refractivity (Wildman–Crippen MR) is 125 cm³/mol. The highest BCUT2D eigenvalue weighted by atomic mass is 32.2. The topological polar surface area (TPSA) is 81.2 Å². The minimum absolute atomic E-state index is 0.151. The number of nitrogens with zero attached hydrogens (tertiary/aromatic N) is 3. The maximum Gasteiger partial charge on any atom is 0.246 e. The van der Waals surface area contributed by atoms with Crippen molar-refractivity contribution >= 4 is 26.5 Å². The third kappa shape index (κ3) is 4.52. The molecule has 2 aromatic carbocycles. The van der Waals surface area contributed by atoms with Crippen LogP contribution in [0.4, 0.5) is 13.9 Å². The van der Waals surface area contributed by atoms with E-state index in [1.807, 2.05) is 22.4 Å². The summed E-state index contributed by atoms with van der Waals surface area (Å²) in [6.45, 7) is 1.06. The molecular formula is C22H23F2N3O5S2. The molecule has 0 radical (unpaired) electrons. The Morgan fingerprint density at radius 1 is 0.941 bits per heavy atom. The molecule has 0 N–H and O–H groups in total. The number of thiazole rings is 1. The van der Waals surface area contributed by atoms with Crippen molar-refractivity contribution in [1.29, 1.82) is 0 Å². The second-order valence-electron chi connectivity index (χ2n) is 7.40. The lowest BCUT2D eigenvalue weighted by molar-refractivity contribution is 0.324. The molecule has 1 aliphatic heterocycles. The number of anilines is 1. The summed E-state index contributed by atoms with van der Waals surface area (Å²) >= 11 is 1.43. The Labute approximate surface area is 200 Å². The number of piperazine rings is 1. The van der Waals surface area contributed by atoms with Crippen molar-refractivity contribution in [3.05, 3.63) is 47.3 Å². The van der Waals surface area contributed by atoms with Gasteiger partial charge in [0.05, 0.1) is 27.0 Å². The Hall–Kier alpha value is -2.96. The summed E-state index contributed by atoms with van der Waals surface area (Å²) in [5.41, 5.74) is 1.49. The summed E-state index contributed by atoms with van der Waals surface area (Å²) in [6, 6.07) is 6.08. The Bertz CT molecular complexity index is 1270. The van der Waals surface area contributed by atoms with Gasteiger partial charge >= 0.3 is 0 Å². The number of halogens is 2. The van der Waals surface area contributed by atoms with Gasteiger partial charge in [0.2, 0.25) is 15.8 Å². The molecule has 34 heavy (non-hydrogen) atoms. The molecule has 0 aliphatic carbocycles. The lowest BCUT2D eigenvalue weighted by Crippen LogP contribution is -2.48. The summed E-state index contributed by atoms with van der Waals surface area (Å²) in [4.78, 5) is 6.15. The molecule has 12 heteroatoms. The molecule has 1 saturated heterocycles. The van der Waals surface area contributed by atoms with Crippen LogP contribution >= 0.6 is 11.3 Å². The standard InChI is InChI=1S/C22H23F2N3O5S2/c1-30-18-10-14(11-19(31-2)21(18)32-3)17-13-33-22(25-17)26-6-8-27(9-7-26)34(28,29)20-5-4-15(23)12-16(20)24/h4-5,10-13H,6-9H2,1-3H3. The summed E-state index contributed by atoms with van der Waals surface area (Å²) < 4.78 is 70.3. The van der Waals surface area contributed by atoms with Crippen LogP contribution in [0.5, 0.6) is 17.2 Å². The number of benzene rings is 2. The molecule has 0 bridgehead atoms. The van der Waals surface area contributed by atoms with Crippen LogP contribution < -0.4 is 19.1 Å². The Morgan fingerprint density at radius 3 is 2.15 bits per heavy atom. The molecule has 0 unspecified atom stereocenters. The number of methoxy groups -OCH3 is 3. The van der Waals surface area contributed by atoms with E-state index in [0.717, 1.165) is 22.8 Å². The molecule has 182 valence electrons. The first kappa shape index (κ1) is 24.2. The van der Waals surface area contributed by atoms with Gasteiger partial charge in [0.1, 0.15) is 16.5 Å². The first-order valence-corrected chi connectivity index (χ1v) is 12.6. The lowest BCUT2D eigenvalue weighted by Gasteiger charge is -2.33. The van der Waals surface area contributed by atoms with Crippen LogP contribution in [0.2, 0.25) is 0 Å². The van der Waals surface area contributed by atoms with Crippen LogP contribution in [-0.4, -0.2) is 65.2 Å². The van der Waals surface area contributed by atoms with Gasteiger partial charge in [-0.05, 0) is 24.3 Å². The SMILES string of the molecule is COc1cc(-c2csc(N3CCN(S(=O)(=O)c4ccc(F)cc4F)CC3)n2)cc(OC)c1OC. The number of rotatable bonds is 7. The van der Waals surface area contributed by atoms with Gasteiger partial charge in [0.25, 0.3) is 0 Å². The Kier molecular flexibility index (Phi) is 6.91. The van der Waals surface area contributed by atoms with Gasteiger partial charge < -0.3 is 19.1 Å². The van der Waals surface area contributed by atoms with Crippen molar-refractivity contribution in [2.24, 2.45) is 0 Å². The van der Waals surface area contributed by atoms with Crippen LogP contribution in [0.15, 0.2) is 40.6 Å². The van der Waals surface area contributed by atoms with Crippen LogP contribution in [0, 0.1) is 11.6 Å². The highest BCUT2D eigenvalue weighted by Crippen LogP contribution is 2.42. The molecular weight excluding hydrogens is 488 g/mol. The average Bonchev–Trinajstić information content (AvgIpc) is 3.33. The molecule has 0 spiro atoms. The fourth-order valence-electron chi connectivity index (χ4n) is 3.71. The zero-order valence-corrected chi connectivity index (χ0v) is 20.4. The number of ether oxygens (including phenoxy) is 3. The monoisotopic (exact) mass is 511 g/mol. The van der Waals surface area contributed by atoms with Crippen molar-refractivity contribution in [1.82, 2.24) is 9.29 Å². The third-order valence-electron chi connectivity index (χ3n) is 5.47. The van der Waals surface area contributed by atoms with Crippen LogP contribution in [-0.2, 0) is 10.0 Å². The fourth-order valence-corrected chi connectivity index (χ4v) is 6.07. The minimum Gasteiger partial charge on any atom is -0.493 e. The molecule has 2 heterocycles. The maximum absolute atomic E-state index is 14.1. The summed E-state index contributed by atoms with van der Waals surface area (Å²) in [5.74, 6) is -0.416. The van der Waals surface area contributed by atoms with Gasteiger partial charge in [0, 0.05) is 43.2 Å². The van der Waals surface area contributed by atoms with E-state index >= 15 is 0 Å². The quantitative estimate of drug-likeness (QED) is 0.479. The maximum atomic E-state index is 14.1. The molecule has 1 aromatic heterocycles. The van der Waals surface area contributed by atoms with E-state index < -0.39 is 26.6 Å². The normalized spacial score (nSPS) is 14.8. The highest BCUT2D eigenvalue weighted by molar-refractivity contribution is 7.89. The molecule has 3 aromatic rings. The molecule has 1 aliphatic rings. The molecule has 0 saturated carbocycles. The second-order valence-corrected chi connectivity index (χ2v) is 10.1. The van der Waals surface area contributed by atoms with E-state index in [1.165, 1.54) is 22.8 Å². The highest BCUT2D eigenvalue weighted by Gasteiger charge is 2.31. The van der Waals surface area contributed by atoms with Gasteiger partial charge in [0.15, 0.2) is 16.6 Å². The largest absolute Gasteiger partial charge is 0.493 e. The fraction of sp³-hybridized carbons (Fsp3) is 0.318. The number of hydrogen-bond acceptors (Lipinski definition) is 8. The number of sulfonamides is 1. The molecule has 4 rings (SSSR count). The van der Waals surface area contributed by atoms with E-state index in [1.54, 1.807) is 14.2 Å². The first-order chi connectivity index (χ1) is 16.3. The van der Waals surface area contributed by atoms with Crippen molar-refractivity contribution in [3.8, 4) is 28.5 Å². The zero-order chi connectivity index (χ0) is 24.5. The predicted octanol–water partition coefficient (Wildman–Crippen LogP) is 3.63. The van der Waals surface area contributed by atoms with Gasteiger partial charge in [-0.15, -0.1) is 11.3 Å². The summed E-state index contributed by atoms with van der Waals surface area (Å²) in [6.07, 6.45) is 0. The third-order valence-corrected chi connectivity index (χ3v) is 8.31. The van der Waals surface area contributed by atoms with E-state index in [2.05, 4.69) is 0 Å². The smallest absolute Gasteiger partial charge is 0.246 e. The van der Waals surface area contributed by atoms with Crippen molar-refractivity contribution in [2.75, 3.05) is 52.4 Å². The van der Waals surface area contributed by atoms with Crippen molar-refractivity contribution in [3.63, 3.8) is 0 Å². The lowest BCUT2D eigenvalue weighted by atomic mass is 10.1. The number of hydrogen-bond donors (Lipinski definition) is 0. The van der Waals surface area contributed by atoms with Crippen molar-refractivity contribution < 1.29 is 31.4 Å². The molecule has 0 atom stereocenters. The number of aromatic nitrogens is 1. The minimum atomic E-state index is -4.07. The average molecular weight is 512 g/mol.